The molecule has 0 aliphatic rings. The lowest BCUT2D eigenvalue weighted by molar-refractivity contribution is 0.0692. The molecule has 4 aromatic rings. The van der Waals surface area contributed by atoms with Crippen LogP contribution < -0.4 is 5.43 Å². The van der Waals surface area contributed by atoms with Crippen molar-refractivity contribution in [3.05, 3.63) is 58.4 Å². The molecule has 0 radical (unpaired) electrons. The molecule has 0 atom stereocenters. The van der Waals surface area contributed by atoms with Crippen LogP contribution in [0.15, 0.2) is 47.3 Å². The molecule has 20 heavy (non-hydrogen) atoms. The Labute approximate surface area is 112 Å². The third kappa shape index (κ3) is 1.19. The second-order valence-electron chi connectivity index (χ2n) is 4.61. The quantitative estimate of drug-likeness (QED) is 0.535. The van der Waals surface area contributed by atoms with Gasteiger partial charge in [-0.25, -0.2) is 9.31 Å². The normalized spacial score (nSPS) is 11.6. The van der Waals surface area contributed by atoms with Gasteiger partial charge in [-0.05, 0) is 18.2 Å². The molecule has 96 valence electrons. The Bertz CT molecular complexity index is 1050. The van der Waals surface area contributed by atoms with E-state index in [0.29, 0.717) is 27.2 Å². The summed E-state index contributed by atoms with van der Waals surface area (Å²) >= 11 is 0. The summed E-state index contributed by atoms with van der Waals surface area (Å²) in [6.45, 7) is 0. The van der Waals surface area contributed by atoms with E-state index in [9.17, 15) is 14.7 Å². The zero-order valence-corrected chi connectivity index (χ0v) is 10.2. The number of fused-ring (bicyclic) bond motifs is 2. The highest BCUT2D eigenvalue weighted by Crippen LogP contribution is 2.25. The smallest absolute Gasteiger partial charge is 0.357 e. The number of carbonyl (C=O) groups is 1. The monoisotopic (exact) mass is 264 g/mol. The second kappa shape index (κ2) is 3.54. The van der Waals surface area contributed by atoms with Crippen molar-refractivity contribution < 1.29 is 9.90 Å². The molecule has 0 unspecified atom stereocenters. The summed E-state index contributed by atoms with van der Waals surface area (Å²) in [5, 5.41) is 14.9. The maximum Gasteiger partial charge on any atom is 0.357 e. The predicted molar refractivity (Wildman–Crippen MR) is 74.6 cm³/mol. The third-order valence-corrected chi connectivity index (χ3v) is 3.53. The summed E-state index contributed by atoms with van der Waals surface area (Å²) in [6.07, 6.45) is 0. The molecule has 0 aliphatic carbocycles. The molecule has 2 aromatic heterocycles. The Hall–Kier alpha value is -2.95. The first-order chi connectivity index (χ1) is 9.68. The number of carboxylic acids is 1. The van der Waals surface area contributed by atoms with E-state index >= 15 is 0 Å². The summed E-state index contributed by atoms with van der Waals surface area (Å²) in [4.78, 5) is 23.8. The fourth-order valence-electron chi connectivity index (χ4n) is 2.68. The summed E-state index contributed by atoms with van der Waals surface area (Å²) in [7, 11) is 0. The molecule has 0 aliphatic heterocycles. The standard InChI is InChI=1S/C15H8N2O3/c18-14-8-4-1-2-7-11(8)17-13-9(5-3-6-10(13)14)12(16-17)15(19)20/h1-7H,(H,19,20). The summed E-state index contributed by atoms with van der Waals surface area (Å²) in [5.41, 5.74) is 1.05. The van der Waals surface area contributed by atoms with Crippen molar-refractivity contribution in [2.24, 2.45) is 0 Å². The Balaban J connectivity index is 2.44. The average Bonchev–Trinajstić information content (AvgIpc) is 2.86. The summed E-state index contributed by atoms with van der Waals surface area (Å²) in [6, 6.07) is 12.1. The number of aromatic nitrogens is 2. The van der Waals surface area contributed by atoms with E-state index < -0.39 is 5.97 Å². The Kier molecular flexibility index (Phi) is 1.93. The van der Waals surface area contributed by atoms with Crippen molar-refractivity contribution in [1.29, 1.82) is 0 Å². The molecule has 0 bridgehead atoms. The van der Waals surface area contributed by atoms with Gasteiger partial charge < -0.3 is 5.11 Å². The molecule has 2 heterocycles. The number of pyridine rings is 1. The maximum atomic E-state index is 12.5. The molecule has 1 N–H and O–H groups in total. The second-order valence-corrected chi connectivity index (χ2v) is 4.61. The van der Waals surface area contributed by atoms with Crippen molar-refractivity contribution in [3.63, 3.8) is 0 Å². The van der Waals surface area contributed by atoms with Crippen molar-refractivity contribution in [2.45, 2.75) is 0 Å². The average molecular weight is 264 g/mol. The van der Waals surface area contributed by atoms with Crippen LogP contribution in [0.5, 0.6) is 0 Å². The van der Waals surface area contributed by atoms with Crippen molar-refractivity contribution in [3.8, 4) is 0 Å². The highest BCUT2D eigenvalue weighted by atomic mass is 16.4. The van der Waals surface area contributed by atoms with E-state index in [-0.39, 0.29) is 11.1 Å². The van der Waals surface area contributed by atoms with Crippen LogP contribution >= 0.6 is 0 Å². The van der Waals surface area contributed by atoms with Crippen LogP contribution in [-0.2, 0) is 0 Å². The zero-order valence-electron chi connectivity index (χ0n) is 10.2. The van der Waals surface area contributed by atoms with Crippen molar-refractivity contribution in [2.75, 3.05) is 0 Å². The SMILES string of the molecule is O=C(O)c1nn2c3ccccc3c(=O)c3cccc1c32. The fourth-order valence-corrected chi connectivity index (χ4v) is 2.68. The Morgan fingerprint density at radius 2 is 1.70 bits per heavy atom. The number of nitrogens with zero attached hydrogens (tertiary/aromatic N) is 2. The van der Waals surface area contributed by atoms with Crippen LogP contribution in [-0.4, -0.2) is 20.7 Å². The van der Waals surface area contributed by atoms with Gasteiger partial charge in [0.05, 0.1) is 11.0 Å². The molecule has 0 amide bonds. The first kappa shape index (κ1) is 10.9. The lowest BCUT2D eigenvalue weighted by atomic mass is 10.1. The summed E-state index contributed by atoms with van der Waals surface area (Å²) in [5.74, 6) is -1.10. The number of aromatic carboxylic acids is 1. The minimum absolute atomic E-state index is 0.0358. The van der Waals surface area contributed by atoms with Gasteiger partial charge >= 0.3 is 5.97 Å². The molecule has 4 rings (SSSR count). The molecule has 2 aromatic carbocycles. The van der Waals surface area contributed by atoms with Gasteiger partial charge in [0.15, 0.2) is 11.1 Å². The Morgan fingerprint density at radius 3 is 2.50 bits per heavy atom. The zero-order chi connectivity index (χ0) is 13.9. The molecule has 0 spiro atoms. The first-order valence-corrected chi connectivity index (χ1v) is 6.07. The van der Waals surface area contributed by atoms with Crippen LogP contribution in [0.2, 0.25) is 0 Å². The third-order valence-electron chi connectivity index (χ3n) is 3.53. The largest absolute Gasteiger partial charge is 0.476 e. The first-order valence-electron chi connectivity index (χ1n) is 6.07. The molecule has 0 saturated carbocycles. The molecule has 5 nitrogen and oxygen atoms in total. The molecular weight excluding hydrogens is 256 g/mol. The van der Waals surface area contributed by atoms with E-state index in [0.717, 1.165) is 0 Å². The lowest BCUT2D eigenvalue weighted by Gasteiger charge is -2.03. The molecule has 0 saturated heterocycles. The van der Waals surface area contributed by atoms with Gasteiger partial charge in [-0.1, -0.05) is 24.3 Å². The number of benzene rings is 2. The number of para-hydroxylation sites is 2. The van der Waals surface area contributed by atoms with Gasteiger partial charge in [-0.3, -0.25) is 4.79 Å². The topological polar surface area (TPSA) is 71.7 Å². The lowest BCUT2D eigenvalue weighted by Crippen LogP contribution is -2.06. The van der Waals surface area contributed by atoms with Gasteiger partial charge in [0, 0.05) is 16.2 Å². The van der Waals surface area contributed by atoms with Crippen LogP contribution in [0.25, 0.3) is 27.2 Å². The minimum atomic E-state index is -1.10. The fraction of sp³-hybridized carbons (Fsp3) is 0. The Morgan fingerprint density at radius 1 is 1.00 bits per heavy atom. The minimum Gasteiger partial charge on any atom is -0.476 e. The highest BCUT2D eigenvalue weighted by molar-refractivity contribution is 6.09. The van der Waals surface area contributed by atoms with E-state index in [1.807, 2.05) is 0 Å². The van der Waals surface area contributed by atoms with Crippen LogP contribution in [0.4, 0.5) is 0 Å². The van der Waals surface area contributed by atoms with Crippen LogP contribution in [0, 0.1) is 0 Å². The van der Waals surface area contributed by atoms with E-state index in [1.165, 1.54) is 0 Å². The number of hydrogen-bond acceptors (Lipinski definition) is 3. The van der Waals surface area contributed by atoms with Gasteiger partial charge in [-0.2, -0.15) is 5.10 Å². The van der Waals surface area contributed by atoms with E-state index in [2.05, 4.69) is 5.10 Å². The number of hydrogen-bond donors (Lipinski definition) is 1. The van der Waals surface area contributed by atoms with Gasteiger partial charge in [0.25, 0.3) is 0 Å². The number of rotatable bonds is 1. The van der Waals surface area contributed by atoms with Gasteiger partial charge in [-0.15, -0.1) is 0 Å². The van der Waals surface area contributed by atoms with Crippen LogP contribution in [0.3, 0.4) is 0 Å². The van der Waals surface area contributed by atoms with Crippen molar-refractivity contribution >= 4 is 33.2 Å². The predicted octanol–water partition coefficient (Wildman–Crippen LogP) is 2.14. The highest BCUT2D eigenvalue weighted by Gasteiger charge is 2.19. The van der Waals surface area contributed by atoms with Gasteiger partial charge in [0.2, 0.25) is 0 Å². The summed E-state index contributed by atoms with van der Waals surface area (Å²) < 4.78 is 1.55. The molecule has 5 heteroatoms. The van der Waals surface area contributed by atoms with Crippen molar-refractivity contribution in [1.82, 2.24) is 9.61 Å². The molecular formula is C15H8N2O3. The number of carboxylic acid groups (broad SMARTS) is 1. The van der Waals surface area contributed by atoms with Crippen LogP contribution in [0.1, 0.15) is 10.5 Å². The maximum absolute atomic E-state index is 12.5. The van der Waals surface area contributed by atoms with E-state index in [4.69, 9.17) is 0 Å². The van der Waals surface area contributed by atoms with Gasteiger partial charge in [0.1, 0.15) is 0 Å². The molecule has 0 fully saturated rings. The van der Waals surface area contributed by atoms with E-state index in [1.54, 1.807) is 47.0 Å².